The number of hydrogen-bond acceptors (Lipinski definition) is 6. The average Bonchev–Trinajstić information content (AvgIpc) is 2.82. The van der Waals surface area contributed by atoms with Crippen LogP contribution in [0.25, 0.3) is 5.76 Å². The third-order valence-electron chi connectivity index (χ3n) is 4.42. The standard InChI is InChI=1S/C26H24O6/c1-2-30-26(29)25(28)16-24(27)21-13-22(31-17-19-9-5-3-6-10-19)15-23(14-21)32-18-20-11-7-4-8-12-20/h3-16,27H,2,17-18H2,1H3/b24-16-. The maximum Gasteiger partial charge on any atom is 0.379 e. The number of hydrogen-bond donors (Lipinski definition) is 1. The Bertz CT molecular complexity index is 1010. The molecule has 6 nitrogen and oxygen atoms in total. The number of ketones is 1. The molecule has 3 rings (SSSR count). The highest BCUT2D eigenvalue weighted by Crippen LogP contribution is 2.28. The van der Waals surface area contributed by atoms with E-state index >= 15 is 0 Å². The van der Waals surface area contributed by atoms with Gasteiger partial charge in [0, 0.05) is 17.7 Å². The van der Waals surface area contributed by atoms with Crippen LogP contribution >= 0.6 is 0 Å². The lowest BCUT2D eigenvalue weighted by Gasteiger charge is -2.13. The second-order valence-electron chi connectivity index (χ2n) is 6.86. The van der Waals surface area contributed by atoms with E-state index in [9.17, 15) is 14.7 Å². The Hall–Kier alpha value is -4.06. The van der Waals surface area contributed by atoms with Crippen LogP contribution in [-0.4, -0.2) is 23.5 Å². The van der Waals surface area contributed by atoms with Gasteiger partial charge in [-0.3, -0.25) is 4.79 Å². The number of aliphatic hydroxyl groups is 1. The zero-order chi connectivity index (χ0) is 22.8. The lowest BCUT2D eigenvalue weighted by Crippen LogP contribution is -2.15. The van der Waals surface area contributed by atoms with Crippen molar-refractivity contribution in [3.05, 3.63) is 102 Å². The number of esters is 1. The Balaban J connectivity index is 1.83. The van der Waals surface area contributed by atoms with Gasteiger partial charge >= 0.3 is 5.97 Å². The SMILES string of the molecule is CCOC(=O)C(=O)/C=C(\O)c1cc(OCc2ccccc2)cc(OCc2ccccc2)c1. The molecule has 0 saturated carbocycles. The van der Waals surface area contributed by atoms with Crippen LogP contribution < -0.4 is 9.47 Å². The molecule has 0 amide bonds. The minimum atomic E-state index is -1.03. The van der Waals surface area contributed by atoms with Crippen molar-refractivity contribution >= 4 is 17.5 Å². The van der Waals surface area contributed by atoms with Gasteiger partial charge in [-0.15, -0.1) is 0 Å². The first kappa shape index (κ1) is 22.6. The van der Waals surface area contributed by atoms with Gasteiger partial charge < -0.3 is 19.3 Å². The minimum absolute atomic E-state index is 0.0689. The third-order valence-corrected chi connectivity index (χ3v) is 4.42. The lowest BCUT2D eigenvalue weighted by molar-refractivity contribution is -0.151. The summed E-state index contributed by atoms with van der Waals surface area (Å²) < 4.78 is 16.4. The molecule has 1 N–H and O–H groups in total. The molecule has 0 aliphatic carbocycles. The molecule has 0 unspecified atom stereocenters. The summed E-state index contributed by atoms with van der Waals surface area (Å²) in [7, 11) is 0. The first-order valence-corrected chi connectivity index (χ1v) is 10.2. The molecule has 6 heteroatoms. The quantitative estimate of drug-likeness (QED) is 0.213. The second-order valence-corrected chi connectivity index (χ2v) is 6.86. The summed E-state index contributed by atoms with van der Waals surface area (Å²) in [4.78, 5) is 23.5. The van der Waals surface area contributed by atoms with Gasteiger partial charge in [0.1, 0.15) is 30.5 Å². The van der Waals surface area contributed by atoms with E-state index in [1.54, 1.807) is 25.1 Å². The van der Waals surface area contributed by atoms with Crippen molar-refractivity contribution in [2.24, 2.45) is 0 Å². The summed E-state index contributed by atoms with van der Waals surface area (Å²) in [5, 5.41) is 10.4. The number of rotatable bonds is 10. The molecule has 0 saturated heterocycles. The molecule has 0 aliphatic rings. The zero-order valence-electron chi connectivity index (χ0n) is 17.7. The molecule has 0 heterocycles. The van der Waals surface area contributed by atoms with E-state index in [-0.39, 0.29) is 12.2 Å². The third kappa shape index (κ3) is 6.74. The van der Waals surface area contributed by atoms with Crippen LogP contribution in [0.15, 0.2) is 84.9 Å². The van der Waals surface area contributed by atoms with Gasteiger partial charge in [0.25, 0.3) is 5.78 Å². The van der Waals surface area contributed by atoms with Crippen LogP contribution in [0, 0.1) is 0 Å². The van der Waals surface area contributed by atoms with Crippen LogP contribution in [0.5, 0.6) is 11.5 Å². The molecule has 0 atom stereocenters. The fourth-order valence-corrected chi connectivity index (χ4v) is 2.84. The molecule has 3 aromatic rings. The highest BCUT2D eigenvalue weighted by molar-refractivity contribution is 6.39. The summed E-state index contributed by atoms with van der Waals surface area (Å²) >= 11 is 0. The Morgan fingerprint density at radius 3 is 1.78 bits per heavy atom. The molecule has 3 aromatic carbocycles. The summed E-state index contributed by atoms with van der Waals surface area (Å²) in [6.07, 6.45) is 0.829. The Morgan fingerprint density at radius 1 is 0.812 bits per heavy atom. The fraction of sp³-hybridized carbons (Fsp3) is 0.154. The largest absolute Gasteiger partial charge is 0.507 e. The van der Waals surface area contributed by atoms with Crippen LogP contribution in [-0.2, 0) is 27.5 Å². The molecule has 0 bridgehead atoms. The predicted molar refractivity (Wildman–Crippen MR) is 120 cm³/mol. The number of carbonyl (C=O) groups excluding carboxylic acids is 2. The van der Waals surface area contributed by atoms with Crippen LogP contribution in [0.2, 0.25) is 0 Å². The lowest BCUT2D eigenvalue weighted by atomic mass is 10.1. The fourth-order valence-electron chi connectivity index (χ4n) is 2.84. The van der Waals surface area contributed by atoms with Crippen molar-refractivity contribution in [3.8, 4) is 11.5 Å². The van der Waals surface area contributed by atoms with Gasteiger partial charge in [-0.05, 0) is 30.2 Å². The maximum atomic E-state index is 11.9. The van der Waals surface area contributed by atoms with Crippen LogP contribution in [0.4, 0.5) is 0 Å². The van der Waals surface area contributed by atoms with Crippen molar-refractivity contribution in [2.75, 3.05) is 6.61 Å². The molecule has 0 aliphatic heterocycles. The van der Waals surface area contributed by atoms with E-state index in [4.69, 9.17) is 9.47 Å². The van der Waals surface area contributed by atoms with E-state index in [1.807, 2.05) is 60.7 Å². The minimum Gasteiger partial charge on any atom is -0.507 e. The summed E-state index contributed by atoms with van der Waals surface area (Å²) in [6.45, 7) is 2.29. The van der Waals surface area contributed by atoms with Crippen molar-refractivity contribution in [3.63, 3.8) is 0 Å². The summed E-state index contributed by atoms with van der Waals surface area (Å²) in [5.41, 5.74) is 2.22. The molecule has 0 spiro atoms. The van der Waals surface area contributed by atoms with E-state index in [0.717, 1.165) is 17.2 Å². The van der Waals surface area contributed by atoms with Gasteiger partial charge in [-0.2, -0.15) is 0 Å². The van der Waals surface area contributed by atoms with Crippen molar-refractivity contribution < 1.29 is 28.9 Å². The Labute approximate surface area is 186 Å². The Kier molecular flexibility index (Phi) is 8.03. The van der Waals surface area contributed by atoms with Gasteiger partial charge in [-0.25, -0.2) is 4.79 Å². The monoisotopic (exact) mass is 432 g/mol. The number of benzene rings is 3. The zero-order valence-corrected chi connectivity index (χ0v) is 17.7. The normalized spacial score (nSPS) is 11.0. The first-order chi connectivity index (χ1) is 15.5. The average molecular weight is 432 g/mol. The molecular formula is C26H24O6. The summed E-state index contributed by atoms with van der Waals surface area (Å²) in [6, 6.07) is 24.1. The topological polar surface area (TPSA) is 82.1 Å². The van der Waals surface area contributed by atoms with Gasteiger partial charge in [0.15, 0.2) is 0 Å². The number of aliphatic hydroxyl groups excluding tert-OH is 1. The smallest absolute Gasteiger partial charge is 0.379 e. The van der Waals surface area contributed by atoms with E-state index in [2.05, 4.69) is 4.74 Å². The van der Waals surface area contributed by atoms with Crippen LogP contribution in [0.1, 0.15) is 23.6 Å². The molecule has 0 radical (unpaired) electrons. The van der Waals surface area contributed by atoms with Crippen molar-refractivity contribution in [1.82, 2.24) is 0 Å². The van der Waals surface area contributed by atoms with Gasteiger partial charge in [0.05, 0.1) is 6.61 Å². The summed E-state index contributed by atoms with van der Waals surface area (Å²) in [5.74, 6) is -1.49. The van der Waals surface area contributed by atoms with E-state index in [1.165, 1.54) is 0 Å². The van der Waals surface area contributed by atoms with Crippen LogP contribution in [0.3, 0.4) is 0 Å². The highest BCUT2D eigenvalue weighted by atomic mass is 16.5. The van der Waals surface area contributed by atoms with Gasteiger partial charge in [-0.1, -0.05) is 60.7 Å². The van der Waals surface area contributed by atoms with Gasteiger partial charge in [0.2, 0.25) is 0 Å². The molecule has 164 valence electrons. The first-order valence-electron chi connectivity index (χ1n) is 10.2. The predicted octanol–water partition coefficient (Wildman–Crippen LogP) is 4.88. The van der Waals surface area contributed by atoms with Crippen molar-refractivity contribution in [1.29, 1.82) is 0 Å². The maximum absolute atomic E-state index is 11.9. The molecular weight excluding hydrogens is 408 g/mol. The molecule has 0 aromatic heterocycles. The second kappa shape index (κ2) is 11.4. The molecule has 32 heavy (non-hydrogen) atoms. The van der Waals surface area contributed by atoms with E-state index < -0.39 is 17.5 Å². The van der Waals surface area contributed by atoms with Crippen molar-refractivity contribution in [2.45, 2.75) is 20.1 Å². The highest BCUT2D eigenvalue weighted by Gasteiger charge is 2.15. The number of carbonyl (C=O) groups is 2. The Morgan fingerprint density at radius 2 is 1.31 bits per heavy atom. The number of ether oxygens (including phenoxy) is 3. The van der Waals surface area contributed by atoms with E-state index in [0.29, 0.717) is 24.7 Å². The molecule has 0 fully saturated rings.